The van der Waals surface area contributed by atoms with Crippen LogP contribution in [0.2, 0.25) is 0 Å². The summed E-state index contributed by atoms with van der Waals surface area (Å²) in [7, 11) is 0. The fourth-order valence-corrected chi connectivity index (χ4v) is 5.17. The molecule has 0 saturated carbocycles. The number of ether oxygens (including phenoxy) is 2. The summed E-state index contributed by atoms with van der Waals surface area (Å²) in [5.41, 5.74) is 7.04. The van der Waals surface area contributed by atoms with Crippen molar-refractivity contribution in [2.75, 3.05) is 39.4 Å². The Balaban J connectivity index is 1.33. The second-order valence-electron chi connectivity index (χ2n) is 9.81. The van der Waals surface area contributed by atoms with Crippen molar-refractivity contribution < 1.29 is 19.1 Å². The van der Waals surface area contributed by atoms with E-state index < -0.39 is 5.91 Å². The predicted molar refractivity (Wildman–Crippen MR) is 140 cm³/mol. The van der Waals surface area contributed by atoms with E-state index in [4.69, 9.17) is 15.2 Å². The van der Waals surface area contributed by atoms with Gasteiger partial charge in [0.1, 0.15) is 18.1 Å². The van der Waals surface area contributed by atoms with Crippen LogP contribution in [-0.2, 0) is 11.2 Å². The van der Waals surface area contributed by atoms with Crippen LogP contribution in [0, 0.1) is 0 Å². The van der Waals surface area contributed by atoms with E-state index in [1.54, 1.807) is 24.3 Å². The lowest BCUT2D eigenvalue weighted by Gasteiger charge is -2.36. The van der Waals surface area contributed by atoms with Gasteiger partial charge in [0, 0.05) is 37.7 Å². The second-order valence-corrected chi connectivity index (χ2v) is 9.81. The van der Waals surface area contributed by atoms with Gasteiger partial charge < -0.3 is 20.1 Å². The van der Waals surface area contributed by atoms with Gasteiger partial charge in [-0.1, -0.05) is 12.1 Å². The van der Waals surface area contributed by atoms with E-state index in [9.17, 15) is 9.59 Å². The average molecular weight is 494 g/mol. The van der Waals surface area contributed by atoms with E-state index in [1.165, 1.54) is 12.0 Å². The summed E-state index contributed by atoms with van der Waals surface area (Å²) in [5, 5.41) is 0. The van der Waals surface area contributed by atoms with E-state index in [2.05, 4.69) is 28.0 Å². The lowest BCUT2D eigenvalue weighted by atomic mass is 9.95. The highest BCUT2D eigenvalue weighted by atomic mass is 16.5. The van der Waals surface area contributed by atoms with Crippen molar-refractivity contribution in [1.29, 1.82) is 0 Å². The van der Waals surface area contributed by atoms with Crippen molar-refractivity contribution >= 4 is 11.8 Å². The molecule has 2 aliphatic rings. The van der Waals surface area contributed by atoms with Gasteiger partial charge in [-0.15, -0.1) is 0 Å². The number of primary amides is 1. The molecule has 0 aromatic heterocycles. The van der Waals surface area contributed by atoms with Gasteiger partial charge in [0.25, 0.3) is 0 Å². The van der Waals surface area contributed by atoms with Crippen LogP contribution in [0.4, 0.5) is 0 Å². The number of carbonyl (C=O) groups excluding carboxylic acids is 2. The second kappa shape index (κ2) is 13.3. The number of carbonyl (C=O) groups is 2. The highest BCUT2D eigenvalue weighted by Crippen LogP contribution is 2.24. The van der Waals surface area contributed by atoms with E-state index in [0.717, 1.165) is 76.2 Å². The molecule has 0 radical (unpaired) electrons. The molecule has 7 nitrogen and oxygen atoms in total. The van der Waals surface area contributed by atoms with Gasteiger partial charge in [0.2, 0.25) is 11.8 Å². The topological polar surface area (TPSA) is 85.1 Å². The Morgan fingerprint density at radius 3 is 2.69 bits per heavy atom. The lowest BCUT2D eigenvalue weighted by molar-refractivity contribution is -0.135. The van der Waals surface area contributed by atoms with Crippen LogP contribution in [-0.4, -0.2) is 67.0 Å². The van der Waals surface area contributed by atoms with Gasteiger partial charge >= 0.3 is 0 Å². The Morgan fingerprint density at radius 1 is 1.00 bits per heavy atom. The van der Waals surface area contributed by atoms with E-state index in [-0.39, 0.29) is 0 Å². The van der Waals surface area contributed by atoms with Gasteiger partial charge in [0.15, 0.2) is 0 Å². The van der Waals surface area contributed by atoms with Gasteiger partial charge in [-0.05, 0) is 93.5 Å². The largest absolute Gasteiger partial charge is 0.494 e. The number of hydrogen-bond acceptors (Lipinski definition) is 5. The molecule has 194 valence electrons. The zero-order chi connectivity index (χ0) is 25.2. The van der Waals surface area contributed by atoms with Crippen molar-refractivity contribution in [3.63, 3.8) is 0 Å². The first kappa shape index (κ1) is 26.0. The molecule has 0 aliphatic carbocycles. The molecule has 2 aliphatic heterocycles. The summed E-state index contributed by atoms with van der Waals surface area (Å²) in [4.78, 5) is 28.8. The third-order valence-corrected chi connectivity index (χ3v) is 7.18. The van der Waals surface area contributed by atoms with Crippen molar-refractivity contribution in [2.45, 2.75) is 57.4 Å². The molecular formula is C29H39N3O4. The van der Waals surface area contributed by atoms with Crippen molar-refractivity contribution in [1.82, 2.24) is 9.80 Å². The molecule has 4 rings (SSSR count). The smallest absolute Gasteiger partial charge is 0.248 e. The minimum Gasteiger partial charge on any atom is -0.494 e. The Bertz CT molecular complexity index is 994. The molecule has 2 heterocycles. The summed E-state index contributed by atoms with van der Waals surface area (Å²) in [6.45, 7) is 4.61. The molecule has 0 spiro atoms. The number of hydrogen-bond donors (Lipinski definition) is 1. The monoisotopic (exact) mass is 493 g/mol. The number of nitrogens with zero attached hydrogens (tertiary/aromatic N) is 2. The van der Waals surface area contributed by atoms with Crippen LogP contribution in [0.25, 0.3) is 0 Å². The first-order chi connectivity index (χ1) is 17.6. The van der Waals surface area contributed by atoms with Crippen LogP contribution in [0.1, 0.15) is 60.9 Å². The van der Waals surface area contributed by atoms with E-state index in [1.807, 2.05) is 6.07 Å². The zero-order valence-electron chi connectivity index (χ0n) is 21.2. The quantitative estimate of drug-likeness (QED) is 0.614. The zero-order valence-corrected chi connectivity index (χ0v) is 21.2. The maximum absolute atomic E-state index is 13.1. The van der Waals surface area contributed by atoms with Crippen LogP contribution >= 0.6 is 0 Å². The van der Waals surface area contributed by atoms with Gasteiger partial charge in [-0.3, -0.25) is 14.5 Å². The molecule has 1 fully saturated rings. The number of benzene rings is 2. The number of amides is 2. The third kappa shape index (κ3) is 7.72. The standard InChI is InChI=1S/C29H39N3O4/c30-29(34)24-11-14-26(15-12-24)35-20-5-17-31-16-4-9-28(33)32-18-2-1-7-25(32)13-10-23-6-3-8-27(22-23)36-21-19-31/h3,6,8,11-12,14-15,22,25H,1-2,4-5,7,9-10,13,16-21H2,(H2,30,34). The normalized spacial score (nSPS) is 19.9. The van der Waals surface area contributed by atoms with Gasteiger partial charge in [-0.25, -0.2) is 0 Å². The number of fused-ring (bicyclic) bond motifs is 3. The minimum absolute atomic E-state index is 0.308. The van der Waals surface area contributed by atoms with Crippen LogP contribution in [0.5, 0.6) is 11.5 Å². The molecule has 7 heteroatoms. The summed E-state index contributed by atoms with van der Waals surface area (Å²) >= 11 is 0. The van der Waals surface area contributed by atoms with Crippen LogP contribution in [0.3, 0.4) is 0 Å². The molecule has 1 saturated heterocycles. The maximum atomic E-state index is 13.1. The molecule has 2 N–H and O–H groups in total. The minimum atomic E-state index is -0.443. The molecule has 1 atom stereocenters. The summed E-state index contributed by atoms with van der Waals surface area (Å²) < 4.78 is 11.9. The van der Waals surface area contributed by atoms with Gasteiger partial charge in [0.05, 0.1) is 6.61 Å². The molecule has 2 bridgehead atoms. The van der Waals surface area contributed by atoms with E-state index in [0.29, 0.717) is 37.1 Å². The molecule has 1 unspecified atom stereocenters. The Hall–Kier alpha value is -3.06. The summed E-state index contributed by atoms with van der Waals surface area (Å²) in [5.74, 6) is 1.51. The number of rotatable bonds is 6. The Morgan fingerprint density at radius 2 is 1.86 bits per heavy atom. The van der Waals surface area contributed by atoms with Gasteiger partial charge in [-0.2, -0.15) is 0 Å². The Labute approximate surface area is 214 Å². The molecular weight excluding hydrogens is 454 g/mol. The number of piperidine rings is 1. The summed E-state index contributed by atoms with van der Waals surface area (Å²) in [6, 6.07) is 15.7. The van der Waals surface area contributed by atoms with Crippen molar-refractivity contribution in [3.05, 3.63) is 59.7 Å². The Kier molecular flexibility index (Phi) is 9.61. The summed E-state index contributed by atoms with van der Waals surface area (Å²) in [6.07, 6.45) is 7.74. The number of aryl methyl sites for hydroxylation is 1. The van der Waals surface area contributed by atoms with Crippen molar-refractivity contribution in [3.8, 4) is 11.5 Å². The number of nitrogens with two attached hydrogens (primary N) is 1. The highest BCUT2D eigenvalue weighted by molar-refractivity contribution is 5.92. The fourth-order valence-electron chi connectivity index (χ4n) is 5.17. The molecule has 2 aromatic rings. The maximum Gasteiger partial charge on any atom is 0.248 e. The lowest BCUT2D eigenvalue weighted by Crippen LogP contribution is -2.44. The highest BCUT2D eigenvalue weighted by Gasteiger charge is 2.26. The van der Waals surface area contributed by atoms with Crippen LogP contribution in [0.15, 0.2) is 48.5 Å². The third-order valence-electron chi connectivity index (χ3n) is 7.18. The van der Waals surface area contributed by atoms with Crippen LogP contribution < -0.4 is 15.2 Å². The average Bonchev–Trinajstić information content (AvgIpc) is 2.90. The first-order valence-electron chi connectivity index (χ1n) is 13.3. The molecule has 36 heavy (non-hydrogen) atoms. The van der Waals surface area contributed by atoms with E-state index >= 15 is 0 Å². The molecule has 2 aromatic carbocycles. The predicted octanol–water partition coefficient (Wildman–Crippen LogP) is 4.04. The SMILES string of the molecule is NC(=O)c1ccc(OCCCN2CCCC(=O)N3CCCCC3CCc3cccc(c3)OCC2)cc1. The fraction of sp³-hybridized carbons (Fsp3) is 0.517. The first-order valence-corrected chi connectivity index (χ1v) is 13.3. The molecule has 2 amide bonds. The van der Waals surface area contributed by atoms with Crippen molar-refractivity contribution in [2.24, 2.45) is 5.73 Å².